The lowest BCUT2D eigenvalue weighted by molar-refractivity contribution is 0.0847. The second kappa shape index (κ2) is 6.85. The summed E-state index contributed by atoms with van der Waals surface area (Å²) in [6.45, 7) is 8.51. The molecule has 106 valence electrons. The van der Waals surface area contributed by atoms with Crippen molar-refractivity contribution in [3.63, 3.8) is 0 Å². The fourth-order valence-electron chi connectivity index (χ4n) is 3.11. The highest BCUT2D eigenvalue weighted by Gasteiger charge is 2.33. The predicted octanol–water partition coefficient (Wildman–Crippen LogP) is 0.958. The molecule has 0 radical (unpaired) electrons. The molecule has 2 aliphatic rings. The lowest BCUT2D eigenvalue weighted by Gasteiger charge is -2.42. The Labute approximate surface area is 111 Å². The maximum Gasteiger partial charge on any atom is 0.0700 e. The van der Waals surface area contributed by atoms with Gasteiger partial charge in [-0.3, -0.25) is 0 Å². The lowest BCUT2D eigenvalue weighted by Crippen LogP contribution is -2.59. The molecule has 0 aliphatic carbocycles. The van der Waals surface area contributed by atoms with E-state index in [1.54, 1.807) is 0 Å². The van der Waals surface area contributed by atoms with Crippen LogP contribution in [0, 0.1) is 0 Å². The van der Waals surface area contributed by atoms with Crippen LogP contribution in [0.5, 0.6) is 0 Å². The van der Waals surface area contributed by atoms with Crippen LogP contribution in [0.3, 0.4) is 0 Å². The first-order valence-electron chi connectivity index (χ1n) is 7.57. The van der Waals surface area contributed by atoms with Gasteiger partial charge in [-0.05, 0) is 51.7 Å². The van der Waals surface area contributed by atoms with Crippen molar-refractivity contribution in [2.24, 2.45) is 5.73 Å². The highest BCUT2D eigenvalue weighted by atomic mass is 16.5. The number of nitrogens with zero attached hydrogens (tertiary/aromatic N) is 1. The Kier molecular flexibility index (Phi) is 5.42. The summed E-state index contributed by atoms with van der Waals surface area (Å²) < 4.78 is 5.68. The Balaban J connectivity index is 1.76. The summed E-state index contributed by atoms with van der Waals surface area (Å²) in [7, 11) is 0. The van der Waals surface area contributed by atoms with Crippen LogP contribution in [0.4, 0.5) is 0 Å². The standard InChI is InChI=1S/C14H29N3O/c1-2-7-17-8-5-14(12-15,6-9-17)16-11-13-4-3-10-18-13/h13,16H,2-12,15H2,1H3. The van der Waals surface area contributed by atoms with Gasteiger partial charge in [-0.1, -0.05) is 6.92 Å². The van der Waals surface area contributed by atoms with Gasteiger partial charge in [0, 0.05) is 25.2 Å². The zero-order valence-electron chi connectivity index (χ0n) is 11.8. The Bertz CT molecular complexity index is 233. The second-order valence-corrected chi connectivity index (χ2v) is 5.84. The first-order valence-corrected chi connectivity index (χ1v) is 7.57. The fourth-order valence-corrected chi connectivity index (χ4v) is 3.11. The van der Waals surface area contributed by atoms with E-state index >= 15 is 0 Å². The summed E-state index contributed by atoms with van der Waals surface area (Å²) in [6.07, 6.45) is 6.44. The third-order valence-electron chi connectivity index (χ3n) is 4.47. The molecule has 0 bridgehead atoms. The molecule has 2 rings (SSSR count). The molecule has 0 amide bonds. The third-order valence-corrected chi connectivity index (χ3v) is 4.47. The molecule has 2 saturated heterocycles. The lowest BCUT2D eigenvalue weighted by atomic mass is 9.87. The summed E-state index contributed by atoms with van der Waals surface area (Å²) in [5, 5.41) is 3.71. The van der Waals surface area contributed by atoms with Crippen molar-refractivity contribution in [3.05, 3.63) is 0 Å². The summed E-state index contributed by atoms with van der Waals surface area (Å²) in [5.41, 5.74) is 6.18. The minimum atomic E-state index is 0.163. The molecule has 4 nitrogen and oxygen atoms in total. The summed E-state index contributed by atoms with van der Waals surface area (Å²) in [5.74, 6) is 0. The average molecular weight is 255 g/mol. The molecule has 1 atom stereocenters. The zero-order valence-corrected chi connectivity index (χ0v) is 11.8. The molecule has 0 aromatic carbocycles. The molecule has 0 aromatic rings. The first-order chi connectivity index (χ1) is 8.78. The van der Waals surface area contributed by atoms with E-state index in [-0.39, 0.29) is 5.54 Å². The van der Waals surface area contributed by atoms with Crippen molar-refractivity contribution in [1.29, 1.82) is 0 Å². The number of nitrogens with one attached hydrogen (secondary N) is 1. The van der Waals surface area contributed by atoms with E-state index < -0.39 is 0 Å². The highest BCUT2D eigenvalue weighted by molar-refractivity contribution is 4.95. The van der Waals surface area contributed by atoms with Crippen LogP contribution in [0.15, 0.2) is 0 Å². The van der Waals surface area contributed by atoms with Gasteiger partial charge in [-0.25, -0.2) is 0 Å². The third kappa shape index (κ3) is 3.67. The number of likely N-dealkylation sites (tertiary alicyclic amines) is 1. The molecule has 0 spiro atoms. The quantitative estimate of drug-likeness (QED) is 0.742. The van der Waals surface area contributed by atoms with Crippen LogP contribution in [0.1, 0.15) is 39.0 Å². The van der Waals surface area contributed by atoms with Crippen molar-refractivity contribution in [2.45, 2.75) is 50.7 Å². The maximum absolute atomic E-state index is 6.02. The number of hydrogen-bond acceptors (Lipinski definition) is 4. The van der Waals surface area contributed by atoms with E-state index in [2.05, 4.69) is 17.1 Å². The molecule has 2 fully saturated rings. The van der Waals surface area contributed by atoms with E-state index in [4.69, 9.17) is 10.5 Å². The van der Waals surface area contributed by atoms with Crippen LogP contribution in [0.25, 0.3) is 0 Å². The number of piperidine rings is 1. The fraction of sp³-hybridized carbons (Fsp3) is 1.00. The van der Waals surface area contributed by atoms with E-state index in [9.17, 15) is 0 Å². The van der Waals surface area contributed by atoms with E-state index in [1.165, 1.54) is 51.7 Å². The van der Waals surface area contributed by atoms with Crippen molar-refractivity contribution >= 4 is 0 Å². The van der Waals surface area contributed by atoms with Gasteiger partial charge in [0.2, 0.25) is 0 Å². The maximum atomic E-state index is 6.02. The topological polar surface area (TPSA) is 50.5 Å². The van der Waals surface area contributed by atoms with Gasteiger partial charge < -0.3 is 20.7 Å². The monoisotopic (exact) mass is 255 g/mol. The van der Waals surface area contributed by atoms with Crippen molar-refractivity contribution in [1.82, 2.24) is 10.2 Å². The molecule has 2 heterocycles. The van der Waals surface area contributed by atoms with Gasteiger partial charge in [0.15, 0.2) is 0 Å². The van der Waals surface area contributed by atoms with Gasteiger partial charge in [0.1, 0.15) is 0 Å². The molecule has 1 unspecified atom stereocenters. The highest BCUT2D eigenvalue weighted by Crippen LogP contribution is 2.22. The normalized spacial score (nSPS) is 28.7. The van der Waals surface area contributed by atoms with E-state index in [1.807, 2.05) is 0 Å². The molecular weight excluding hydrogens is 226 g/mol. The molecule has 2 aliphatic heterocycles. The van der Waals surface area contributed by atoms with Crippen molar-refractivity contribution in [2.75, 3.05) is 39.3 Å². The van der Waals surface area contributed by atoms with Crippen LogP contribution in [0.2, 0.25) is 0 Å². The summed E-state index contributed by atoms with van der Waals surface area (Å²) in [6, 6.07) is 0. The second-order valence-electron chi connectivity index (χ2n) is 5.84. The largest absolute Gasteiger partial charge is 0.377 e. The molecular formula is C14H29N3O. The SMILES string of the molecule is CCCN1CCC(CN)(NCC2CCCO2)CC1. The Morgan fingerprint density at radius 2 is 2.17 bits per heavy atom. The minimum Gasteiger partial charge on any atom is -0.377 e. The molecule has 0 aromatic heterocycles. The zero-order chi connectivity index (χ0) is 12.8. The Morgan fingerprint density at radius 3 is 2.72 bits per heavy atom. The molecule has 3 N–H and O–H groups in total. The van der Waals surface area contributed by atoms with Crippen LogP contribution in [-0.2, 0) is 4.74 Å². The average Bonchev–Trinajstić information content (AvgIpc) is 2.92. The summed E-state index contributed by atoms with van der Waals surface area (Å²) in [4.78, 5) is 2.56. The number of rotatable bonds is 6. The Hall–Kier alpha value is -0.160. The van der Waals surface area contributed by atoms with Crippen molar-refractivity contribution < 1.29 is 4.74 Å². The minimum absolute atomic E-state index is 0.163. The molecule has 4 heteroatoms. The van der Waals surface area contributed by atoms with Crippen LogP contribution < -0.4 is 11.1 Å². The predicted molar refractivity (Wildman–Crippen MR) is 74.7 cm³/mol. The van der Waals surface area contributed by atoms with Gasteiger partial charge in [-0.2, -0.15) is 0 Å². The van der Waals surface area contributed by atoms with Gasteiger partial charge in [-0.15, -0.1) is 0 Å². The van der Waals surface area contributed by atoms with Crippen LogP contribution >= 0.6 is 0 Å². The van der Waals surface area contributed by atoms with Gasteiger partial charge in [0.05, 0.1) is 6.10 Å². The van der Waals surface area contributed by atoms with Gasteiger partial charge in [0.25, 0.3) is 0 Å². The number of hydrogen-bond donors (Lipinski definition) is 2. The summed E-state index contributed by atoms with van der Waals surface area (Å²) >= 11 is 0. The first kappa shape index (κ1) is 14.3. The van der Waals surface area contributed by atoms with Crippen molar-refractivity contribution in [3.8, 4) is 0 Å². The Morgan fingerprint density at radius 1 is 1.39 bits per heavy atom. The number of ether oxygens (including phenoxy) is 1. The number of nitrogens with two attached hydrogens (primary N) is 1. The van der Waals surface area contributed by atoms with Crippen LogP contribution in [-0.4, -0.2) is 55.9 Å². The molecule has 18 heavy (non-hydrogen) atoms. The molecule has 0 saturated carbocycles. The van der Waals surface area contributed by atoms with E-state index in [0.717, 1.165) is 19.7 Å². The van der Waals surface area contributed by atoms with E-state index in [0.29, 0.717) is 6.10 Å². The van der Waals surface area contributed by atoms with Gasteiger partial charge >= 0.3 is 0 Å². The smallest absolute Gasteiger partial charge is 0.0700 e.